The largest absolute Gasteiger partial charge is 0.481 e. The second kappa shape index (κ2) is 9.82. The van der Waals surface area contributed by atoms with Gasteiger partial charge in [-0.3, -0.25) is 14.4 Å². The Hall–Kier alpha value is -1.89. The summed E-state index contributed by atoms with van der Waals surface area (Å²) in [6.07, 6.45) is 5.52. The van der Waals surface area contributed by atoms with E-state index in [0.717, 1.165) is 24.8 Å². The van der Waals surface area contributed by atoms with Gasteiger partial charge in [-0.25, -0.2) is 0 Å². The molecule has 0 aromatic heterocycles. The van der Waals surface area contributed by atoms with E-state index in [9.17, 15) is 29.7 Å². The number of carbonyl (C=O) groups is 3. The zero-order chi connectivity index (χ0) is 30.3. The summed E-state index contributed by atoms with van der Waals surface area (Å²) in [7, 11) is 0. The number of aliphatic hydroxyl groups is 1. The van der Waals surface area contributed by atoms with Gasteiger partial charge < -0.3 is 20.1 Å². The van der Waals surface area contributed by atoms with E-state index in [0.29, 0.717) is 44.9 Å². The van der Waals surface area contributed by atoms with Crippen molar-refractivity contribution in [3.05, 3.63) is 12.2 Å². The Balaban J connectivity index is 1.55. The number of hydrogen-bond donors (Lipinski definition) is 3. The molecule has 7 nitrogen and oxygen atoms in total. The number of allylic oxidation sites excluding steroid dienone is 1. The third-order valence-corrected chi connectivity index (χ3v) is 14.3. The number of carboxylic acid groups (broad SMARTS) is 2. The lowest BCUT2D eigenvalue weighted by Crippen LogP contribution is -2.72. The lowest BCUT2D eigenvalue weighted by molar-refractivity contribution is -0.282. The summed E-state index contributed by atoms with van der Waals surface area (Å²) < 4.78 is 5.86. The van der Waals surface area contributed by atoms with Crippen LogP contribution in [-0.4, -0.2) is 45.4 Å². The molecule has 0 saturated heterocycles. The molecule has 5 aliphatic carbocycles. The van der Waals surface area contributed by atoms with Crippen molar-refractivity contribution in [3.8, 4) is 0 Å². The first kappa shape index (κ1) is 30.6. The fourth-order valence-electron chi connectivity index (χ4n) is 12.0. The Morgan fingerprint density at radius 3 is 2.24 bits per heavy atom. The van der Waals surface area contributed by atoms with Gasteiger partial charge in [0.15, 0.2) is 0 Å². The zero-order valence-electron chi connectivity index (χ0n) is 26.0. The van der Waals surface area contributed by atoms with E-state index in [2.05, 4.69) is 34.3 Å². The summed E-state index contributed by atoms with van der Waals surface area (Å²) in [5, 5.41) is 33.5. The minimum Gasteiger partial charge on any atom is -0.481 e. The Kier molecular flexibility index (Phi) is 7.32. The lowest BCUT2D eigenvalue weighted by atomic mass is 9.30. The Bertz CT molecular complexity index is 1130. The number of hydrogen-bond acceptors (Lipinski definition) is 5. The first-order valence-electron chi connectivity index (χ1n) is 16.1. The van der Waals surface area contributed by atoms with E-state index in [4.69, 9.17) is 4.74 Å². The number of carboxylic acids is 2. The van der Waals surface area contributed by atoms with E-state index in [1.54, 1.807) is 6.92 Å². The van der Waals surface area contributed by atoms with E-state index in [-0.39, 0.29) is 52.8 Å². The van der Waals surface area contributed by atoms with Crippen LogP contribution >= 0.6 is 0 Å². The van der Waals surface area contributed by atoms with Crippen molar-refractivity contribution >= 4 is 17.9 Å². The molecule has 12 unspecified atom stereocenters. The van der Waals surface area contributed by atoms with Crippen LogP contribution in [0, 0.1) is 56.7 Å². The number of aliphatic carboxylic acids is 2. The summed E-state index contributed by atoms with van der Waals surface area (Å²) in [5.74, 6) is -2.29. The van der Waals surface area contributed by atoms with Crippen molar-refractivity contribution in [2.45, 2.75) is 124 Å². The molecule has 0 aliphatic heterocycles. The van der Waals surface area contributed by atoms with Crippen LogP contribution in [0.25, 0.3) is 0 Å². The van der Waals surface area contributed by atoms with Gasteiger partial charge in [0, 0.05) is 6.42 Å². The average molecular weight is 573 g/mol. The van der Waals surface area contributed by atoms with E-state index < -0.39 is 40.4 Å². The van der Waals surface area contributed by atoms with Crippen molar-refractivity contribution in [2.24, 2.45) is 56.7 Å². The number of esters is 1. The molecule has 0 amide bonds. The molecule has 0 aromatic rings. The molecule has 0 heterocycles. The van der Waals surface area contributed by atoms with Gasteiger partial charge in [-0.1, -0.05) is 46.8 Å². The van der Waals surface area contributed by atoms with Crippen LogP contribution in [0.2, 0.25) is 0 Å². The monoisotopic (exact) mass is 572 g/mol. The van der Waals surface area contributed by atoms with E-state index >= 15 is 0 Å². The fraction of sp³-hybridized carbons (Fsp3) is 0.853. The summed E-state index contributed by atoms with van der Waals surface area (Å²) in [5.41, 5.74) is -1.82. The van der Waals surface area contributed by atoms with Crippen molar-refractivity contribution in [1.29, 1.82) is 0 Å². The average Bonchev–Trinajstić information content (AvgIpc) is 2.88. The fourth-order valence-corrected chi connectivity index (χ4v) is 12.0. The van der Waals surface area contributed by atoms with Gasteiger partial charge >= 0.3 is 17.9 Å². The molecule has 230 valence electrons. The predicted molar refractivity (Wildman–Crippen MR) is 155 cm³/mol. The molecule has 0 aromatic carbocycles. The third-order valence-electron chi connectivity index (χ3n) is 14.3. The first-order chi connectivity index (χ1) is 19.0. The van der Waals surface area contributed by atoms with Crippen LogP contribution in [-0.2, 0) is 19.1 Å². The standard InChI is InChI=1S/C34H52O7/c1-8-9-25(36)41-24-12-13-30(4)23(33(24,7)28(37)38)11-14-32(6)27(30)22(35)18-21-26-20(3)19(2)10-15-34(26,29(39)40)17-16-31(21,32)5/h20-24,26-27,35H,2,8-18H2,1,3-7H3,(H,37,38)(H,39,40). The molecule has 5 saturated carbocycles. The first-order valence-corrected chi connectivity index (χ1v) is 16.1. The highest BCUT2D eigenvalue weighted by Gasteiger charge is 2.74. The number of ether oxygens (including phenoxy) is 1. The lowest BCUT2D eigenvalue weighted by Gasteiger charge is -2.74. The van der Waals surface area contributed by atoms with Crippen molar-refractivity contribution in [1.82, 2.24) is 0 Å². The quantitative estimate of drug-likeness (QED) is 0.255. The molecule has 3 N–H and O–H groups in total. The third kappa shape index (κ3) is 3.88. The molecule has 0 bridgehead atoms. The molecule has 12 atom stereocenters. The minimum absolute atomic E-state index is 0.0491. The van der Waals surface area contributed by atoms with Gasteiger partial charge in [0.2, 0.25) is 0 Å². The van der Waals surface area contributed by atoms with Crippen LogP contribution in [0.1, 0.15) is 112 Å². The maximum atomic E-state index is 13.0. The van der Waals surface area contributed by atoms with Gasteiger partial charge in [0.1, 0.15) is 11.5 Å². The molecule has 0 spiro atoms. The molecule has 5 fully saturated rings. The van der Waals surface area contributed by atoms with Gasteiger partial charge in [0.25, 0.3) is 0 Å². The van der Waals surface area contributed by atoms with Crippen molar-refractivity contribution in [2.75, 3.05) is 0 Å². The van der Waals surface area contributed by atoms with Crippen LogP contribution in [0.4, 0.5) is 0 Å². The van der Waals surface area contributed by atoms with Gasteiger partial charge in [-0.15, -0.1) is 0 Å². The highest BCUT2D eigenvalue weighted by atomic mass is 16.5. The predicted octanol–water partition coefficient (Wildman–Crippen LogP) is 6.48. The molecule has 0 radical (unpaired) electrons. The van der Waals surface area contributed by atoms with Crippen LogP contribution in [0.5, 0.6) is 0 Å². The van der Waals surface area contributed by atoms with Crippen molar-refractivity contribution < 1.29 is 34.4 Å². The van der Waals surface area contributed by atoms with E-state index in [1.807, 2.05) is 6.92 Å². The highest BCUT2D eigenvalue weighted by molar-refractivity contribution is 5.78. The van der Waals surface area contributed by atoms with Crippen LogP contribution < -0.4 is 0 Å². The molecular formula is C34H52O7. The smallest absolute Gasteiger partial charge is 0.313 e. The maximum absolute atomic E-state index is 13.0. The maximum Gasteiger partial charge on any atom is 0.313 e. The summed E-state index contributed by atoms with van der Waals surface area (Å²) in [6.45, 7) is 17.0. The Labute approximate surface area is 245 Å². The molecule has 5 rings (SSSR count). The second-order valence-electron chi connectivity index (χ2n) is 15.6. The van der Waals surface area contributed by atoms with Gasteiger partial charge in [0.05, 0.1) is 11.5 Å². The topological polar surface area (TPSA) is 121 Å². The van der Waals surface area contributed by atoms with E-state index in [1.165, 1.54) is 0 Å². The highest BCUT2D eigenvalue weighted by Crippen LogP contribution is 2.77. The SMILES string of the molecule is C=C1CCC2(C(=O)O)CCC3(C)C(CC(O)C4C5(C)CCC(OC(=O)CCC)C(C)(C(=O)O)C5CCC43C)C2C1C. The van der Waals surface area contributed by atoms with Gasteiger partial charge in [-0.2, -0.15) is 0 Å². The second-order valence-corrected chi connectivity index (χ2v) is 15.6. The van der Waals surface area contributed by atoms with Crippen LogP contribution in [0.15, 0.2) is 12.2 Å². The van der Waals surface area contributed by atoms with Crippen LogP contribution in [0.3, 0.4) is 0 Å². The summed E-state index contributed by atoms with van der Waals surface area (Å²) in [6, 6.07) is 0. The number of rotatable bonds is 5. The Morgan fingerprint density at radius 1 is 0.951 bits per heavy atom. The van der Waals surface area contributed by atoms with Crippen molar-refractivity contribution in [3.63, 3.8) is 0 Å². The minimum atomic E-state index is -1.24. The normalized spacial score (nSPS) is 50.9. The molecular weight excluding hydrogens is 520 g/mol. The summed E-state index contributed by atoms with van der Waals surface area (Å²) >= 11 is 0. The van der Waals surface area contributed by atoms with Gasteiger partial charge in [-0.05, 0) is 117 Å². The number of fused-ring (bicyclic) bond motifs is 7. The molecule has 7 heteroatoms. The number of aliphatic hydroxyl groups excluding tert-OH is 1. The molecule has 5 aliphatic rings. The summed E-state index contributed by atoms with van der Waals surface area (Å²) in [4.78, 5) is 38.5. The Morgan fingerprint density at radius 2 is 1.63 bits per heavy atom. The molecule has 41 heavy (non-hydrogen) atoms. The number of carbonyl (C=O) groups excluding carboxylic acids is 1. The zero-order valence-corrected chi connectivity index (χ0v) is 26.0.